The van der Waals surface area contributed by atoms with Crippen LogP contribution in [0.4, 0.5) is 11.6 Å². The Balaban J connectivity index is 2.91. The summed E-state index contributed by atoms with van der Waals surface area (Å²) in [6.45, 7) is 9.18. The number of anilines is 2. The second-order valence-electron chi connectivity index (χ2n) is 5.45. The van der Waals surface area contributed by atoms with Crippen molar-refractivity contribution in [2.75, 3.05) is 44.1 Å². The number of nitrogens with two attached hydrogens (primary N) is 1. The normalized spacial score (nSPS) is 11.2. The zero-order chi connectivity index (χ0) is 14.4. The molecule has 0 aliphatic heterocycles. The van der Waals surface area contributed by atoms with E-state index in [-0.39, 0.29) is 0 Å². The van der Waals surface area contributed by atoms with E-state index < -0.39 is 0 Å². The zero-order valence-corrected chi connectivity index (χ0v) is 12.6. The smallest absolute Gasteiger partial charge is 0.145 e. The molecule has 0 radical (unpaired) electrons. The number of nitrogen functional groups attached to an aromatic ring is 1. The highest BCUT2D eigenvalue weighted by Gasteiger charge is 2.12. The minimum Gasteiger partial charge on any atom is -0.355 e. The Morgan fingerprint density at radius 1 is 1.26 bits per heavy atom. The third-order valence-electron chi connectivity index (χ3n) is 2.70. The van der Waals surface area contributed by atoms with Crippen molar-refractivity contribution in [1.29, 1.82) is 0 Å². The Labute approximate surface area is 116 Å². The minimum absolute atomic E-state index is 0.576. The van der Waals surface area contributed by atoms with Gasteiger partial charge in [0.15, 0.2) is 0 Å². The molecule has 3 N–H and O–H groups in total. The van der Waals surface area contributed by atoms with E-state index in [1.54, 1.807) is 0 Å². The van der Waals surface area contributed by atoms with Gasteiger partial charge in [0.25, 0.3) is 0 Å². The molecule has 0 spiro atoms. The van der Waals surface area contributed by atoms with Crippen molar-refractivity contribution in [3.8, 4) is 0 Å². The van der Waals surface area contributed by atoms with Gasteiger partial charge in [-0.3, -0.25) is 0 Å². The van der Waals surface area contributed by atoms with Crippen LogP contribution in [0.1, 0.15) is 19.7 Å². The molecule has 0 unspecified atom stereocenters. The third-order valence-corrected chi connectivity index (χ3v) is 2.70. The van der Waals surface area contributed by atoms with E-state index in [4.69, 9.17) is 5.84 Å². The Morgan fingerprint density at radius 3 is 2.47 bits per heavy atom. The van der Waals surface area contributed by atoms with E-state index in [0.29, 0.717) is 11.7 Å². The fourth-order valence-electron chi connectivity index (χ4n) is 1.85. The van der Waals surface area contributed by atoms with E-state index in [0.717, 1.165) is 31.3 Å². The van der Waals surface area contributed by atoms with Crippen LogP contribution in [-0.4, -0.2) is 48.6 Å². The highest BCUT2D eigenvalue weighted by molar-refractivity contribution is 5.48. The first kappa shape index (κ1) is 15.7. The van der Waals surface area contributed by atoms with Crippen molar-refractivity contribution in [3.05, 3.63) is 11.9 Å². The van der Waals surface area contributed by atoms with Crippen molar-refractivity contribution in [2.45, 2.75) is 20.8 Å². The van der Waals surface area contributed by atoms with Crippen LogP contribution in [-0.2, 0) is 0 Å². The zero-order valence-electron chi connectivity index (χ0n) is 12.6. The summed E-state index contributed by atoms with van der Waals surface area (Å²) in [6, 6.07) is 1.89. The van der Waals surface area contributed by atoms with Gasteiger partial charge < -0.3 is 15.2 Å². The van der Waals surface area contributed by atoms with Crippen LogP contribution in [0.25, 0.3) is 0 Å². The number of rotatable bonds is 7. The Morgan fingerprint density at radius 2 is 1.95 bits per heavy atom. The van der Waals surface area contributed by atoms with Gasteiger partial charge in [0.2, 0.25) is 0 Å². The van der Waals surface area contributed by atoms with Crippen LogP contribution in [0.5, 0.6) is 0 Å². The molecule has 0 amide bonds. The second-order valence-corrected chi connectivity index (χ2v) is 5.45. The van der Waals surface area contributed by atoms with E-state index >= 15 is 0 Å². The summed E-state index contributed by atoms with van der Waals surface area (Å²) in [7, 11) is 4.15. The molecule has 1 aromatic heterocycles. The fraction of sp³-hybridized carbons (Fsp3) is 0.692. The number of hydrazine groups is 1. The van der Waals surface area contributed by atoms with Gasteiger partial charge in [0, 0.05) is 25.7 Å². The predicted octanol–water partition coefficient (Wildman–Crippen LogP) is 1.09. The molecule has 0 bridgehead atoms. The van der Waals surface area contributed by atoms with Crippen molar-refractivity contribution >= 4 is 11.6 Å². The molecule has 0 saturated carbocycles. The van der Waals surface area contributed by atoms with Crippen molar-refractivity contribution < 1.29 is 0 Å². The summed E-state index contributed by atoms with van der Waals surface area (Å²) < 4.78 is 0. The van der Waals surface area contributed by atoms with Crippen LogP contribution in [0.15, 0.2) is 6.07 Å². The lowest BCUT2D eigenvalue weighted by Gasteiger charge is -2.27. The van der Waals surface area contributed by atoms with Crippen molar-refractivity contribution in [3.63, 3.8) is 0 Å². The van der Waals surface area contributed by atoms with Gasteiger partial charge in [0.1, 0.15) is 17.5 Å². The highest BCUT2D eigenvalue weighted by Crippen LogP contribution is 2.16. The number of likely N-dealkylation sites (N-methyl/N-ethyl adjacent to an activating group) is 1. The molecule has 19 heavy (non-hydrogen) atoms. The molecule has 0 atom stereocenters. The lowest BCUT2D eigenvalue weighted by Crippen LogP contribution is -2.35. The first-order chi connectivity index (χ1) is 8.92. The van der Waals surface area contributed by atoms with Crippen molar-refractivity contribution in [2.24, 2.45) is 11.8 Å². The van der Waals surface area contributed by atoms with Gasteiger partial charge in [-0.05, 0) is 26.9 Å². The monoisotopic (exact) mass is 266 g/mol. The van der Waals surface area contributed by atoms with Crippen LogP contribution in [0, 0.1) is 12.8 Å². The largest absolute Gasteiger partial charge is 0.355 e. The summed E-state index contributed by atoms with van der Waals surface area (Å²) >= 11 is 0. The number of hydrogen-bond acceptors (Lipinski definition) is 6. The molecule has 1 rings (SSSR count). The topological polar surface area (TPSA) is 70.3 Å². The molecule has 0 fully saturated rings. The maximum Gasteiger partial charge on any atom is 0.145 e. The molecule has 0 saturated heterocycles. The molecular weight excluding hydrogens is 240 g/mol. The van der Waals surface area contributed by atoms with Gasteiger partial charge in [-0.25, -0.2) is 15.8 Å². The van der Waals surface area contributed by atoms with E-state index in [9.17, 15) is 0 Å². The minimum atomic E-state index is 0.576. The van der Waals surface area contributed by atoms with Gasteiger partial charge in [0.05, 0.1) is 0 Å². The summed E-state index contributed by atoms with van der Waals surface area (Å²) in [5.41, 5.74) is 2.59. The van der Waals surface area contributed by atoms with Crippen LogP contribution >= 0.6 is 0 Å². The second kappa shape index (κ2) is 7.25. The molecule has 1 heterocycles. The lowest BCUT2D eigenvalue weighted by molar-refractivity contribution is 0.408. The summed E-state index contributed by atoms with van der Waals surface area (Å²) in [5, 5.41) is 0. The molecule has 6 heteroatoms. The first-order valence-electron chi connectivity index (χ1n) is 6.64. The summed E-state index contributed by atoms with van der Waals surface area (Å²) in [5.74, 6) is 8.33. The van der Waals surface area contributed by atoms with Crippen LogP contribution < -0.4 is 16.2 Å². The quantitative estimate of drug-likeness (QED) is 0.569. The van der Waals surface area contributed by atoms with E-state index in [1.165, 1.54) is 0 Å². The van der Waals surface area contributed by atoms with Gasteiger partial charge in [-0.1, -0.05) is 13.8 Å². The Hall–Kier alpha value is -1.40. The Kier molecular flexibility index (Phi) is 5.98. The number of aryl methyl sites for hydroxylation is 1. The molecule has 6 nitrogen and oxygen atoms in total. The Bertz CT molecular complexity index is 391. The third kappa shape index (κ3) is 5.40. The van der Waals surface area contributed by atoms with Crippen LogP contribution in [0.3, 0.4) is 0 Å². The van der Waals surface area contributed by atoms with E-state index in [2.05, 4.69) is 53.1 Å². The number of nitrogens with zero attached hydrogens (tertiary/aromatic N) is 4. The van der Waals surface area contributed by atoms with Gasteiger partial charge >= 0.3 is 0 Å². The van der Waals surface area contributed by atoms with Crippen molar-refractivity contribution in [1.82, 2.24) is 14.9 Å². The predicted molar refractivity (Wildman–Crippen MR) is 80.2 cm³/mol. The van der Waals surface area contributed by atoms with Gasteiger partial charge in [-0.2, -0.15) is 0 Å². The average Bonchev–Trinajstić information content (AvgIpc) is 2.32. The fourth-order valence-corrected chi connectivity index (χ4v) is 1.85. The maximum atomic E-state index is 5.44. The first-order valence-corrected chi connectivity index (χ1v) is 6.64. The number of nitrogens with one attached hydrogen (secondary N) is 1. The average molecular weight is 266 g/mol. The molecule has 1 aromatic rings. The number of aromatic nitrogens is 2. The van der Waals surface area contributed by atoms with Gasteiger partial charge in [-0.15, -0.1) is 0 Å². The molecule has 0 aromatic carbocycles. The number of hydrogen-bond donors (Lipinski definition) is 2. The lowest BCUT2D eigenvalue weighted by atomic mass is 10.2. The molecule has 0 aliphatic rings. The SMILES string of the molecule is Cc1nc(NN)cc(N(CCN(C)C)CC(C)C)n1. The summed E-state index contributed by atoms with van der Waals surface area (Å²) in [6.07, 6.45) is 0. The van der Waals surface area contributed by atoms with Crippen LogP contribution in [0.2, 0.25) is 0 Å². The van der Waals surface area contributed by atoms with E-state index in [1.807, 2.05) is 13.0 Å². The highest BCUT2D eigenvalue weighted by atomic mass is 15.3. The molecule has 0 aliphatic carbocycles. The molecule has 108 valence electrons. The maximum absolute atomic E-state index is 5.44. The summed E-state index contributed by atoms with van der Waals surface area (Å²) in [4.78, 5) is 13.2. The molecular formula is C13H26N6. The standard InChI is InChI=1S/C13H26N6/c1-10(2)9-19(7-6-18(4)5)13-8-12(17-14)15-11(3)16-13/h8,10H,6-7,9,14H2,1-5H3,(H,15,16,17).